The summed E-state index contributed by atoms with van der Waals surface area (Å²) < 4.78 is 6.67. The molecule has 1 N–H and O–H groups in total. The number of nitrogens with one attached hydrogen (secondary N) is 1. The van der Waals surface area contributed by atoms with E-state index in [2.05, 4.69) is 39.4 Å². The summed E-state index contributed by atoms with van der Waals surface area (Å²) in [5.41, 5.74) is 3.00. The molecule has 0 aromatic heterocycles. The van der Waals surface area contributed by atoms with Gasteiger partial charge >= 0.3 is 0 Å². The van der Waals surface area contributed by atoms with Gasteiger partial charge in [-0.2, -0.15) is 0 Å². The van der Waals surface area contributed by atoms with Gasteiger partial charge in [-0.3, -0.25) is 0 Å². The first-order valence-corrected chi connectivity index (χ1v) is 6.22. The maximum atomic E-state index is 5.43. The fraction of sp³-hybridized carbons (Fsp3) is 0.500. The minimum absolute atomic E-state index is 0.268. The van der Waals surface area contributed by atoms with Gasteiger partial charge in [0.2, 0.25) is 0 Å². The highest BCUT2D eigenvalue weighted by molar-refractivity contribution is 9.10. The van der Waals surface area contributed by atoms with Crippen molar-refractivity contribution in [2.75, 3.05) is 18.5 Å². The van der Waals surface area contributed by atoms with E-state index in [0.29, 0.717) is 0 Å². The summed E-state index contributed by atoms with van der Waals surface area (Å²) >= 11 is 3.63. The molecule has 1 saturated heterocycles. The molecule has 2 nitrogen and oxygen atoms in total. The number of benzene rings is 1. The van der Waals surface area contributed by atoms with Gasteiger partial charge in [0.25, 0.3) is 0 Å². The molecule has 0 unspecified atom stereocenters. The van der Waals surface area contributed by atoms with Crippen LogP contribution in [-0.4, -0.2) is 18.8 Å². The first-order valence-electron chi connectivity index (χ1n) is 5.42. The molecule has 3 rings (SSSR count). The van der Waals surface area contributed by atoms with Crippen molar-refractivity contribution in [3.63, 3.8) is 0 Å². The van der Waals surface area contributed by atoms with E-state index in [1.54, 1.807) is 0 Å². The van der Waals surface area contributed by atoms with Crippen molar-refractivity contribution in [1.29, 1.82) is 0 Å². The summed E-state index contributed by atoms with van der Waals surface area (Å²) in [4.78, 5) is 0. The second kappa shape index (κ2) is 3.49. The summed E-state index contributed by atoms with van der Waals surface area (Å²) in [5.74, 6) is 0. The van der Waals surface area contributed by atoms with Crippen LogP contribution in [0, 0.1) is 0 Å². The van der Waals surface area contributed by atoms with Crippen LogP contribution >= 0.6 is 15.9 Å². The molecular formula is C12H14BrNO. The zero-order valence-corrected chi connectivity index (χ0v) is 10.1. The van der Waals surface area contributed by atoms with Gasteiger partial charge in [0, 0.05) is 28.9 Å². The topological polar surface area (TPSA) is 21.3 Å². The van der Waals surface area contributed by atoms with Crippen LogP contribution in [0.2, 0.25) is 0 Å². The lowest BCUT2D eigenvalue weighted by atomic mass is 9.87. The zero-order valence-electron chi connectivity index (χ0n) is 8.55. The molecule has 80 valence electrons. The Morgan fingerprint density at radius 3 is 2.80 bits per heavy atom. The highest BCUT2D eigenvalue weighted by Gasteiger charge is 2.38. The largest absolute Gasteiger partial charge is 0.381 e. The molecule has 0 bridgehead atoms. The molecule has 3 heteroatoms. The summed E-state index contributed by atoms with van der Waals surface area (Å²) in [6.07, 6.45) is 3.37. The van der Waals surface area contributed by atoms with E-state index in [0.717, 1.165) is 32.5 Å². The van der Waals surface area contributed by atoms with E-state index in [1.807, 2.05) is 0 Å². The second-order valence-corrected chi connectivity index (χ2v) is 5.31. The SMILES string of the molecule is Brc1cccc2c1CC1(CCOCC1)N2. The van der Waals surface area contributed by atoms with E-state index in [9.17, 15) is 0 Å². The Labute approximate surface area is 98.1 Å². The molecule has 1 fully saturated rings. The van der Waals surface area contributed by atoms with Crippen LogP contribution in [0.4, 0.5) is 5.69 Å². The number of fused-ring (bicyclic) bond motifs is 1. The number of rotatable bonds is 0. The fourth-order valence-electron chi connectivity index (χ4n) is 2.59. The Morgan fingerprint density at radius 1 is 1.27 bits per heavy atom. The number of hydrogen-bond acceptors (Lipinski definition) is 2. The van der Waals surface area contributed by atoms with Crippen molar-refractivity contribution >= 4 is 21.6 Å². The Morgan fingerprint density at radius 2 is 2.07 bits per heavy atom. The molecule has 2 aliphatic heterocycles. The Hall–Kier alpha value is -0.540. The first-order chi connectivity index (χ1) is 7.29. The standard InChI is InChI=1S/C12H14BrNO/c13-10-2-1-3-11-9(10)8-12(14-11)4-6-15-7-5-12/h1-3,14H,4-8H2. The van der Waals surface area contributed by atoms with Gasteiger partial charge < -0.3 is 10.1 Å². The quantitative estimate of drug-likeness (QED) is 0.781. The molecular weight excluding hydrogens is 254 g/mol. The van der Waals surface area contributed by atoms with E-state index < -0.39 is 0 Å². The second-order valence-electron chi connectivity index (χ2n) is 4.46. The van der Waals surface area contributed by atoms with Gasteiger partial charge in [-0.25, -0.2) is 0 Å². The smallest absolute Gasteiger partial charge is 0.0488 e. The molecule has 1 aromatic carbocycles. The van der Waals surface area contributed by atoms with Gasteiger partial charge in [0.05, 0.1) is 0 Å². The average molecular weight is 268 g/mol. The average Bonchev–Trinajstić information content (AvgIpc) is 2.59. The third-order valence-electron chi connectivity index (χ3n) is 3.48. The third-order valence-corrected chi connectivity index (χ3v) is 4.23. The number of hydrogen-bond donors (Lipinski definition) is 1. The molecule has 0 amide bonds. The van der Waals surface area contributed by atoms with Crippen LogP contribution < -0.4 is 5.32 Å². The number of anilines is 1. The normalized spacial score (nSPS) is 22.5. The van der Waals surface area contributed by atoms with E-state index in [-0.39, 0.29) is 5.54 Å². The van der Waals surface area contributed by atoms with Crippen molar-refractivity contribution in [3.05, 3.63) is 28.2 Å². The van der Waals surface area contributed by atoms with Gasteiger partial charge in [-0.15, -0.1) is 0 Å². The Bertz CT molecular complexity index is 385. The Balaban J connectivity index is 1.94. The molecule has 2 heterocycles. The van der Waals surface area contributed by atoms with Gasteiger partial charge in [0.15, 0.2) is 0 Å². The number of halogens is 1. The molecule has 1 aromatic rings. The summed E-state index contributed by atoms with van der Waals surface area (Å²) in [7, 11) is 0. The summed E-state index contributed by atoms with van der Waals surface area (Å²) in [5, 5.41) is 3.68. The molecule has 0 atom stereocenters. The van der Waals surface area contributed by atoms with Crippen LogP contribution in [0.5, 0.6) is 0 Å². The van der Waals surface area contributed by atoms with Crippen LogP contribution in [0.25, 0.3) is 0 Å². The van der Waals surface area contributed by atoms with Crippen LogP contribution in [-0.2, 0) is 11.2 Å². The molecule has 1 spiro atoms. The maximum Gasteiger partial charge on any atom is 0.0488 e. The molecule has 0 radical (unpaired) electrons. The van der Waals surface area contributed by atoms with Crippen LogP contribution in [0.1, 0.15) is 18.4 Å². The van der Waals surface area contributed by atoms with Crippen LogP contribution in [0.15, 0.2) is 22.7 Å². The van der Waals surface area contributed by atoms with E-state index in [4.69, 9.17) is 4.74 Å². The number of ether oxygens (including phenoxy) is 1. The maximum absolute atomic E-state index is 5.43. The van der Waals surface area contributed by atoms with Crippen molar-refractivity contribution in [1.82, 2.24) is 0 Å². The van der Waals surface area contributed by atoms with Gasteiger partial charge in [0.1, 0.15) is 0 Å². The van der Waals surface area contributed by atoms with E-state index >= 15 is 0 Å². The zero-order chi connectivity index (χ0) is 10.3. The lowest BCUT2D eigenvalue weighted by Gasteiger charge is -2.34. The molecule has 0 saturated carbocycles. The molecule has 15 heavy (non-hydrogen) atoms. The lowest BCUT2D eigenvalue weighted by molar-refractivity contribution is 0.0624. The summed E-state index contributed by atoms with van der Waals surface area (Å²) in [6, 6.07) is 6.39. The summed E-state index contributed by atoms with van der Waals surface area (Å²) in [6.45, 7) is 1.78. The van der Waals surface area contributed by atoms with Crippen molar-refractivity contribution in [2.24, 2.45) is 0 Å². The molecule has 0 aliphatic carbocycles. The van der Waals surface area contributed by atoms with Crippen molar-refractivity contribution in [3.8, 4) is 0 Å². The van der Waals surface area contributed by atoms with E-state index in [1.165, 1.54) is 15.7 Å². The predicted molar refractivity (Wildman–Crippen MR) is 64.3 cm³/mol. The van der Waals surface area contributed by atoms with Gasteiger partial charge in [-0.05, 0) is 37.0 Å². The van der Waals surface area contributed by atoms with Crippen molar-refractivity contribution in [2.45, 2.75) is 24.8 Å². The predicted octanol–water partition coefficient (Wildman–Crippen LogP) is 2.97. The van der Waals surface area contributed by atoms with Gasteiger partial charge in [-0.1, -0.05) is 22.0 Å². The highest BCUT2D eigenvalue weighted by Crippen LogP contribution is 2.41. The highest BCUT2D eigenvalue weighted by atomic mass is 79.9. The molecule has 2 aliphatic rings. The fourth-order valence-corrected chi connectivity index (χ4v) is 3.09. The van der Waals surface area contributed by atoms with Crippen LogP contribution in [0.3, 0.4) is 0 Å². The monoisotopic (exact) mass is 267 g/mol. The minimum Gasteiger partial charge on any atom is -0.381 e. The Kier molecular flexibility index (Phi) is 2.25. The first kappa shape index (κ1) is 9.67. The third kappa shape index (κ3) is 1.58. The minimum atomic E-state index is 0.268. The van der Waals surface area contributed by atoms with Crippen molar-refractivity contribution < 1.29 is 4.74 Å². The lowest BCUT2D eigenvalue weighted by Crippen LogP contribution is -2.41.